The highest BCUT2D eigenvalue weighted by Crippen LogP contribution is 2.11. The molecule has 1 aromatic carbocycles. The molecule has 1 atom stereocenters. The molecule has 0 spiro atoms. The molecule has 0 saturated carbocycles. The summed E-state index contributed by atoms with van der Waals surface area (Å²) in [7, 11) is -3.62. The van der Waals surface area contributed by atoms with E-state index in [2.05, 4.69) is 16.5 Å². The molecule has 0 aromatic heterocycles. The molecule has 1 fully saturated rings. The first kappa shape index (κ1) is 15.9. The number of hydrogen-bond acceptors (Lipinski definition) is 5. The van der Waals surface area contributed by atoms with Crippen molar-refractivity contribution in [2.45, 2.75) is 17.9 Å². The zero-order valence-corrected chi connectivity index (χ0v) is 12.8. The Morgan fingerprint density at radius 1 is 1.52 bits per heavy atom. The molecule has 0 radical (unpaired) electrons. The summed E-state index contributed by atoms with van der Waals surface area (Å²) in [6.45, 7) is 5.44. The molecule has 0 aliphatic carbocycles. The first-order chi connectivity index (χ1) is 10.0. The maximum Gasteiger partial charge on any atom is 0.240 e. The number of nitrogens with zero attached hydrogens (tertiary/aromatic N) is 2. The van der Waals surface area contributed by atoms with Crippen molar-refractivity contribution in [1.82, 2.24) is 9.62 Å². The number of hydrogen-bond donors (Lipinski definition) is 1. The Morgan fingerprint density at radius 3 is 3.05 bits per heavy atom. The van der Waals surface area contributed by atoms with E-state index >= 15 is 0 Å². The highest BCUT2D eigenvalue weighted by Gasteiger charge is 2.22. The number of sulfonamides is 1. The van der Waals surface area contributed by atoms with Crippen LogP contribution in [-0.2, 0) is 14.8 Å². The van der Waals surface area contributed by atoms with E-state index in [4.69, 9.17) is 10.00 Å². The zero-order valence-electron chi connectivity index (χ0n) is 11.9. The maximum atomic E-state index is 12.2. The van der Waals surface area contributed by atoms with Crippen molar-refractivity contribution in [2.24, 2.45) is 0 Å². The van der Waals surface area contributed by atoms with Crippen LogP contribution in [0.3, 0.4) is 0 Å². The Morgan fingerprint density at radius 2 is 2.33 bits per heavy atom. The van der Waals surface area contributed by atoms with Gasteiger partial charge in [-0.25, -0.2) is 13.1 Å². The highest BCUT2D eigenvalue weighted by molar-refractivity contribution is 7.89. The molecule has 1 saturated heterocycles. The average molecular weight is 309 g/mol. The summed E-state index contributed by atoms with van der Waals surface area (Å²) < 4.78 is 32.5. The number of benzene rings is 1. The van der Waals surface area contributed by atoms with Gasteiger partial charge in [-0.05, 0) is 24.7 Å². The van der Waals surface area contributed by atoms with Gasteiger partial charge in [0.25, 0.3) is 0 Å². The number of likely N-dealkylation sites (N-methyl/N-ethyl adjacent to an activating group) is 1. The van der Waals surface area contributed by atoms with Gasteiger partial charge in [-0.15, -0.1) is 0 Å². The SMILES string of the molecule is CCN1CCOC(CNS(=O)(=O)c2cccc(C#N)c2)C1. The van der Waals surface area contributed by atoms with Crippen molar-refractivity contribution in [1.29, 1.82) is 5.26 Å². The van der Waals surface area contributed by atoms with Crippen LogP contribution in [0.15, 0.2) is 29.2 Å². The Hall–Kier alpha value is -1.46. The van der Waals surface area contributed by atoms with Crippen molar-refractivity contribution in [3.63, 3.8) is 0 Å². The van der Waals surface area contributed by atoms with E-state index in [0.29, 0.717) is 12.2 Å². The second kappa shape index (κ2) is 7.00. The fraction of sp³-hybridized carbons (Fsp3) is 0.500. The summed E-state index contributed by atoms with van der Waals surface area (Å²) in [5.41, 5.74) is 0.323. The smallest absolute Gasteiger partial charge is 0.240 e. The summed E-state index contributed by atoms with van der Waals surface area (Å²) in [5.74, 6) is 0. The van der Waals surface area contributed by atoms with Crippen molar-refractivity contribution in [3.05, 3.63) is 29.8 Å². The highest BCUT2D eigenvalue weighted by atomic mass is 32.2. The lowest BCUT2D eigenvalue weighted by molar-refractivity contribution is -0.0229. The van der Waals surface area contributed by atoms with Crippen LogP contribution in [0.5, 0.6) is 0 Å². The molecule has 7 heteroatoms. The van der Waals surface area contributed by atoms with E-state index in [1.165, 1.54) is 12.1 Å². The Labute approximate surface area is 125 Å². The van der Waals surface area contributed by atoms with E-state index in [1.807, 2.05) is 6.07 Å². The van der Waals surface area contributed by atoms with Gasteiger partial charge in [0.1, 0.15) is 0 Å². The molecule has 1 heterocycles. The molecule has 1 unspecified atom stereocenters. The van der Waals surface area contributed by atoms with Gasteiger partial charge in [-0.3, -0.25) is 4.90 Å². The molecule has 0 bridgehead atoms. The van der Waals surface area contributed by atoms with Crippen molar-refractivity contribution < 1.29 is 13.2 Å². The molecule has 6 nitrogen and oxygen atoms in total. The number of ether oxygens (including phenoxy) is 1. The summed E-state index contributed by atoms with van der Waals surface area (Å²) in [5, 5.41) is 8.83. The molecule has 1 aliphatic rings. The van der Waals surface area contributed by atoms with Crippen LogP contribution in [0.1, 0.15) is 12.5 Å². The van der Waals surface area contributed by atoms with Gasteiger partial charge >= 0.3 is 0 Å². The molecular weight excluding hydrogens is 290 g/mol. The summed E-state index contributed by atoms with van der Waals surface area (Å²) in [4.78, 5) is 2.32. The number of nitrogens with one attached hydrogen (secondary N) is 1. The molecule has 21 heavy (non-hydrogen) atoms. The van der Waals surface area contributed by atoms with E-state index in [0.717, 1.165) is 19.6 Å². The quantitative estimate of drug-likeness (QED) is 0.859. The second-order valence-corrected chi connectivity index (χ2v) is 6.64. The van der Waals surface area contributed by atoms with Crippen LogP contribution >= 0.6 is 0 Å². The largest absolute Gasteiger partial charge is 0.374 e. The zero-order chi connectivity index (χ0) is 15.3. The monoisotopic (exact) mass is 309 g/mol. The molecular formula is C14H19N3O3S. The lowest BCUT2D eigenvalue weighted by Gasteiger charge is -2.32. The van der Waals surface area contributed by atoms with Crippen molar-refractivity contribution in [2.75, 3.05) is 32.8 Å². The second-order valence-electron chi connectivity index (χ2n) is 4.88. The number of nitriles is 1. The predicted octanol–water partition coefficient (Wildman–Crippen LogP) is 0.557. The van der Waals surface area contributed by atoms with Crippen LogP contribution in [0.4, 0.5) is 0 Å². The normalized spacial score (nSPS) is 20.1. The summed E-state index contributed by atoms with van der Waals surface area (Å²) in [6.07, 6.45) is -0.146. The first-order valence-corrected chi connectivity index (χ1v) is 8.37. The predicted molar refractivity (Wildman–Crippen MR) is 78.2 cm³/mol. The van der Waals surface area contributed by atoms with E-state index in [1.54, 1.807) is 12.1 Å². The van der Waals surface area contributed by atoms with Gasteiger partial charge in [0.2, 0.25) is 10.0 Å². The van der Waals surface area contributed by atoms with Crippen LogP contribution in [0.2, 0.25) is 0 Å². The molecule has 2 rings (SSSR count). The third-order valence-corrected chi connectivity index (χ3v) is 4.87. The topological polar surface area (TPSA) is 82.4 Å². The number of morpholine rings is 1. The van der Waals surface area contributed by atoms with Crippen molar-refractivity contribution in [3.8, 4) is 6.07 Å². The van der Waals surface area contributed by atoms with E-state index in [-0.39, 0.29) is 17.5 Å². The van der Waals surface area contributed by atoms with Gasteiger partial charge in [-0.2, -0.15) is 5.26 Å². The third kappa shape index (κ3) is 4.25. The lowest BCUT2D eigenvalue weighted by Crippen LogP contribution is -2.47. The standard InChI is InChI=1S/C14H19N3O3S/c1-2-17-6-7-20-13(11-17)10-16-21(18,19)14-5-3-4-12(8-14)9-15/h3-5,8,13,16H,2,6-7,10-11H2,1H3. The molecule has 114 valence electrons. The average Bonchev–Trinajstić information content (AvgIpc) is 2.53. The van der Waals surface area contributed by atoms with E-state index < -0.39 is 10.0 Å². The molecule has 1 N–H and O–H groups in total. The summed E-state index contributed by atoms with van der Waals surface area (Å²) in [6, 6.07) is 7.90. The van der Waals surface area contributed by atoms with Crippen LogP contribution in [0.25, 0.3) is 0 Å². The van der Waals surface area contributed by atoms with Crippen LogP contribution < -0.4 is 4.72 Å². The molecule has 1 aromatic rings. The molecule has 1 aliphatic heterocycles. The minimum absolute atomic E-state index is 0.102. The van der Waals surface area contributed by atoms with Gasteiger partial charge in [0.05, 0.1) is 29.2 Å². The van der Waals surface area contributed by atoms with Gasteiger partial charge in [-0.1, -0.05) is 13.0 Å². The van der Waals surface area contributed by atoms with Crippen LogP contribution in [-0.4, -0.2) is 52.2 Å². The maximum absolute atomic E-state index is 12.2. The minimum Gasteiger partial charge on any atom is -0.374 e. The van der Waals surface area contributed by atoms with Gasteiger partial charge in [0.15, 0.2) is 0 Å². The van der Waals surface area contributed by atoms with Gasteiger partial charge in [0, 0.05) is 19.6 Å². The fourth-order valence-corrected chi connectivity index (χ4v) is 3.32. The Balaban J connectivity index is 1.99. The van der Waals surface area contributed by atoms with Gasteiger partial charge < -0.3 is 4.74 Å². The Bertz CT molecular complexity index is 625. The number of rotatable bonds is 5. The van der Waals surface area contributed by atoms with Crippen LogP contribution in [0, 0.1) is 11.3 Å². The molecule has 0 amide bonds. The third-order valence-electron chi connectivity index (χ3n) is 3.44. The van der Waals surface area contributed by atoms with E-state index in [9.17, 15) is 8.42 Å². The fourth-order valence-electron chi connectivity index (χ4n) is 2.21. The van der Waals surface area contributed by atoms with Crippen molar-refractivity contribution >= 4 is 10.0 Å². The Kier molecular flexibility index (Phi) is 5.31. The first-order valence-electron chi connectivity index (χ1n) is 6.89. The lowest BCUT2D eigenvalue weighted by atomic mass is 10.2. The minimum atomic E-state index is -3.62. The summed E-state index contributed by atoms with van der Waals surface area (Å²) >= 11 is 0.